The van der Waals surface area contributed by atoms with E-state index in [2.05, 4.69) is 15.6 Å². The van der Waals surface area contributed by atoms with Crippen LogP contribution in [0.2, 0.25) is 0 Å². The Hall–Kier alpha value is -3.34. The van der Waals surface area contributed by atoms with Crippen LogP contribution in [-0.2, 0) is 6.54 Å². The normalized spacial score (nSPS) is 10.0. The number of pyridine rings is 1. The fourth-order valence-electron chi connectivity index (χ4n) is 2.12. The second-order valence-electron chi connectivity index (χ2n) is 5.11. The third-order valence-electron chi connectivity index (χ3n) is 3.25. The van der Waals surface area contributed by atoms with Crippen LogP contribution in [0.5, 0.6) is 11.5 Å². The van der Waals surface area contributed by atoms with Crippen LogP contribution < -0.4 is 15.4 Å². The molecular weight excluding hydrogens is 302 g/mol. The monoisotopic (exact) mass is 319 g/mol. The molecule has 0 aliphatic heterocycles. The molecule has 0 unspecified atom stereocenters. The van der Waals surface area contributed by atoms with Crippen molar-refractivity contribution in [1.82, 2.24) is 10.3 Å². The van der Waals surface area contributed by atoms with Crippen molar-refractivity contribution in [3.8, 4) is 11.5 Å². The zero-order chi connectivity index (χ0) is 16.6. The van der Waals surface area contributed by atoms with E-state index in [-0.39, 0.29) is 6.03 Å². The van der Waals surface area contributed by atoms with Crippen molar-refractivity contribution in [2.45, 2.75) is 6.54 Å². The molecule has 0 fully saturated rings. The molecule has 0 aliphatic rings. The predicted octanol–water partition coefficient (Wildman–Crippen LogP) is 4.20. The van der Waals surface area contributed by atoms with Crippen molar-refractivity contribution >= 4 is 11.7 Å². The minimum atomic E-state index is -0.282. The van der Waals surface area contributed by atoms with Gasteiger partial charge in [0.15, 0.2) is 0 Å². The number of ether oxygens (including phenoxy) is 1. The first kappa shape index (κ1) is 15.6. The quantitative estimate of drug-likeness (QED) is 0.741. The van der Waals surface area contributed by atoms with Gasteiger partial charge in [0, 0.05) is 30.7 Å². The van der Waals surface area contributed by atoms with Crippen molar-refractivity contribution in [3.63, 3.8) is 0 Å². The number of hydrogen-bond donors (Lipinski definition) is 2. The molecule has 0 radical (unpaired) electrons. The number of nitrogens with zero attached hydrogens (tertiary/aromatic N) is 1. The Labute approximate surface area is 140 Å². The standard InChI is InChI=1S/C19H17N3O2/c23-19(21-14-15-6-5-11-20-13-15)22-16-7-4-10-18(12-16)24-17-8-2-1-3-9-17/h1-13H,14H2,(H2,21,22,23). The van der Waals surface area contributed by atoms with Gasteiger partial charge in [-0.1, -0.05) is 30.3 Å². The molecule has 2 N–H and O–H groups in total. The van der Waals surface area contributed by atoms with E-state index in [0.717, 1.165) is 11.3 Å². The fourth-order valence-corrected chi connectivity index (χ4v) is 2.12. The van der Waals surface area contributed by atoms with Crippen LogP contribution in [0.25, 0.3) is 0 Å². The minimum Gasteiger partial charge on any atom is -0.457 e. The van der Waals surface area contributed by atoms with Crippen LogP contribution in [0.3, 0.4) is 0 Å². The van der Waals surface area contributed by atoms with E-state index >= 15 is 0 Å². The maximum Gasteiger partial charge on any atom is 0.319 e. The summed E-state index contributed by atoms with van der Waals surface area (Å²) in [5.74, 6) is 1.40. The second-order valence-corrected chi connectivity index (χ2v) is 5.11. The van der Waals surface area contributed by atoms with Gasteiger partial charge in [0.1, 0.15) is 11.5 Å². The molecule has 0 atom stereocenters. The largest absolute Gasteiger partial charge is 0.457 e. The highest BCUT2D eigenvalue weighted by Crippen LogP contribution is 2.23. The molecule has 3 rings (SSSR count). The summed E-state index contributed by atoms with van der Waals surface area (Å²) >= 11 is 0. The Kier molecular flexibility index (Phi) is 5.04. The molecule has 2 amide bonds. The lowest BCUT2D eigenvalue weighted by atomic mass is 10.3. The highest BCUT2D eigenvalue weighted by molar-refractivity contribution is 5.89. The SMILES string of the molecule is O=C(NCc1cccnc1)Nc1cccc(Oc2ccccc2)c1. The summed E-state index contributed by atoms with van der Waals surface area (Å²) in [6, 6.07) is 20.2. The Morgan fingerprint density at radius 2 is 1.79 bits per heavy atom. The van der Waals surface area contributed by atoms with Crippen LogP contribution in [-0.4, -0.2) is 11.0 Å². The van der Waals surface area contributed by atoms with Crippen molar-refractivity contribution in [1.29, 1.82) is 0 Å². The summed E-state index contributed by atoms with van der Waals surface area (Å²) in [5, 5.41) is 5.57. The topological polar surface area (TPSA) is 63.2 Å². The number of aromatic nitrogens is 1. The van der Waals surface area contributed by atoms with Gasteiger partial charge in [0.05, 0.1) is 0 Å². The first-order chi connectivity index (χ1) is 11.8. The number of carbonyl (C=O) groups excluding carboxylic acids is 1. The number of carbonyl (C=O) groups is 1. The van der Waals surface area contributed by atoms with Crippen molar-refractivity contribution < 1.29 is 9.53 Å². The lowest BCUT2D eigenvalue weighted by Gasteiger charge is -2.10. The molecule has 0 spiro atoms. The predicted molar refractivity (Wildman–Crippen MR) is 93.1 cm³/mol. The number of amides is 2. The maximum absolute atomic E-state index is 12.0. The first-order valence-corrected chi connectivity index (χ1v) is 7.56. The minimum absolute atomic E-state index is 0.282. The van der Waals surface area contributed by atoms with Gasteiger partial charge in [0.2, 0.25) is 0 Å². The lowest BCUT2D eigenvalue weighted by molar-refractivity contribution is 0.251. The Bertz CT molecular complexity index is 792. The van der Waals surface area contributed by atoms with Crippen LogP contribution in [0.4, 0.5) is 10.5 Å². The van der Waals surface area contributed by atoms with Crippen LogP contribution in [0, 0.1) is 0 Å². The number of hydrogen-bond acceptors (Lipinski definition) is 3. The average molecular weight is 319 g/mol. The summed E-state index contributed by atoms with van der Waals surface area (Å²) in [6.07, 6.45) is 3.41. The lowest BCUT2D eigenvalue weighted by Crippen LogP contribution is -2.28. The Balaban J connectivity index is 1.57. The molecule has 24 heavy (non-hydrogen) atoms. The zero-order valence-electron chi connectivity index (χ0n) is 13.0. The van der Waals surface area contributed by atoms with Gasteiger partial charge in [-0.05, 0) is 35.9 Å². The van der Waals surface area contributed by atoms with Gasteiger partial charge < -0.3 is 15.4 Å². The fraction of sp³-hybridized carbons (Fsp3) is 0.0526. The third-order valence-corrected chi connectivity index (χ3v) is 3.25. The van der Waals surface area contributed by atoms with Gasteiger partial charge in [-0.2, -0.15) is 0 Å². The zero-order valence-corrected chi connectivity index (χ0v) is 13.0. The molecule has 0 bridgehead atoms. The van der Waals surface area contributed by atoms with Gasteiger partial charge in [-0.3, -0.25) is 4.98 Å². The molecule has 0 saturated heterocycles. The van der Waals surface area contributed by atoms with Crippen LogP contribution in [0.15, 0.2) is 79.1 Å². The number of urea groups is 1. The smallest absolute Gasteiger partial charge is 0.319 e. The second kappa shape index (κ2) is 7.78. The summed E-state index contributed by atoms with van der Waals surface area (Å²) in [6.45, 7) is 0.417. The number of rotatable bonds is 5. The number of para-hydroxylation sites is 1. The number of benzene rings is 2. The Morgan fingerprint density at radius 1 is 0.958 bits per heavy atom. The molecule has 1 aromatic heterocycles. The van der Waals surface area contributed by atoms with Crippen LogP contribution >= 0.6 is 0 Å². The van der Waals surface area contributed by atoms with E-state index in [0.29, 0.717) is 18.0 Å². The molecule has 0 aliphatic carbocycles. The van der Waals surface area contributed by atoms with E-state index in [1.165, 1.54) is 0 Å². The molecule has 2 aromatic carbocycles. The van der Waals surface area contributed by atoms with E-state index in [4.69, 9.17) is 4.74 Å². The van der Waals surface area contributed by atoms with Gasteiger partial charge in [-0.15, -0.1) is 0 Å². The van der Waals surface area contributed by atoms with E-state index in [9.17, 15) is 4.79 Å². The highest BCUT2D eigenvalue weighted by atomic mass is 16.5. The maximum atomic E-state index is 12.0. The van der Waals surface area contributed by atoms with E-state index in [1.807, 2.05) is 60.7 Å². The molecule has 120 valence electrons. The summed E-state index contributed by atoms with van der Waals surface area (Å²) in [4.78, 5) is 16.0. The molecular formula is C19H17N3O2. The summed E-state index contributed by atoms with van der Waals surface area (Å²) in [5.41, 5.74) is 1.60. The van der Waals surface area contributed by atoms with Gasteiger partial charge in [0.25, 0.3) is 0 Å². The molecule has 1 heterocycles. The van der Waals surface area contributed by atoms with Crippen molar-refractivity contribution in [2.75, 3.05) is 5.32 Å². The molecule has 5 heteroatoms. The van der Waals surface area contributed by atoms with Crippen molar-refractivity contribution in [3.05, 3.63) is 84.7 Å². The van der Waals surface area contributed by atoms with Gasteiger partial charge >= 0.3 is 6.03 Å². The highest BCUT2D eigenvalue weighted by Gasteiger charge is 2.04. The average Bonchev–Trinajstić information content (AvgIpc) is 2.62. The summed E-state index contributed by atoms with van der Waals surface area (Å²) in [7, 11) is 0. The van der Waals surface area contributed by atoms with Crippen molar-refractivity contribution in [2.24, 2.45) is 0 Å². The summed E-state index contributed by atoms with van der Waals surface area (Å²) < 4.78 is 5.75. The number of nitrogens with one attached hydrogen (secondary N) is 2. The molecule has 5 nitrogen and oxygen atoms in total. The first-order valence-electron chi connectivity index (χ1n) is 7.56. The Morgan fingerprint density at radius 3 is 2.58 bits per heavy atom. The third kappa shape index (κ3) is 4.58. The molecule has 3 aromatic rings. The van der Waals surface area contributed by atoms with E-state index in [1.54, 1.807) is 18.5 Å². The van der Waals surface area contributed by atoms with Gasteiger partial charge in [-0.25, -0.2) is 4.79 Å². The number of anilines is 1. The van der Waals surface area contributed by atoms with E-state index < -0.39 is 0 Å². The van der Waals surface area contributed by atoms with Crippen LogP contribution in [0.1, 0.15) is 5.56 Å². The molecule has 0 saturated carbocycles.